The molecule has 0 spiro atoms. The van der Waals surface area contributed by atoms with Crippen molar-refractivity contribution >= 4 is 23.1 Å². The van der Waals surface area contributed by atoms with Crippen LogP contribution in [0, 0.1) is 0 Å². The zero-order valence-corrected chi connectivity index (χ0v) is 15.2. The molecule has 0 saturated carbocycles. The Morgan fingerprint density at radius 1 is 1.38 bits per heavy atom. The summed E-state index contributed by atoms with van der Waals surface area (Å²) in [6.45, 7) is 11.4. The molecule has 1 aromatic carbocycles. The van der Waals surface area contributed by atoms with Crippen LogP contribution in [0.2, 0.25) is 0 Å². The highest BCUT2D eigenvalue weighted by atomic mass is 32.2. The van der Waals surface area contributed by atoms with E-state index in [9.17, 15) is 0 Å². The van der Waals surface area contributed by atoms with Crippen molar-refractivity contribution in [3.63, 3.8) is 0 Å². The summed E-state index contributed by atoms with van der Waals surface area (Å²) < 4.78 is 0. The molecular formula is C18H30N2S. The molecule has 3 heteroatoms. The third kappa shape index (κ3) is 3.50. The lowest BCUT2D eigenvalue weighted by atomic mass is 9.77. The molecule has 0 aliphatic carbocycles. The third-order valence-corrected chi connectivity index (χ3v) is 5.41. The zero-order chi connectivity index (χ0) is 15.6. The molecule has 1 aliphatic heterocycles. The van der Waals surface area contributed by atoms with E-state index in [4.69, 9.17) is 0 Å². The van der Waals surface area contributed by atoms with Gasteiger partial charge in [0.25, 0.3) is 0 Å². The minimum absolute atomic E-state index is 0.227. The van der Waals surface area contributed by atoms with Crippen LogP contribution in [-0.2, 0) is 0 Å². The highest BCUT2D eigenvalue weighted by molar-refractivity contribution is 7.98. The van der Waals surface area contributed by atoms with Crippen molar-refractivity contribution in [1.82, 2.24) is 0 Å². The topological polar surface area (TPSA) is 24.1 Å². The summed E-state index contributed by atoms with van der Waals surface area (Å²) in [4.78, 5) is 1.37. The first-order valence-corrected chi connectivity index (χ1v) is 9.41. The van der Waals surface area contributed by atoms with Crippen LogP contribution in [0.5, 0.6) is 0 Å². The van der Waals surface area contributed by atoms with Crippen molar-refractivity contribution in [3.8, 4) is 0 Å². The van der Waals surface area contributed by atoms with E-state index in [1.165, 1.54) is 41.1 Å². The van der Waals surface area contributed by atoms with Crippen molar-refractivity contribution < 1.29 is 0 Å². The van der Waals surface area contributed by atoms with Gasteiger partial charge in [-0.2, -0.15) is 0 Å². The largest absolute Gasteiger partial charge is 0.383 e. The van der Waals surface area contributed by atoms with Gasteiger partial charge in [0.15, 0.2) is 0 Å². The monoisotopic (exact) mass is 306 g/mol. The van der Waals surface area contributed by atoms with Gasteiger partial charge in [-0.05, 0) is 69.9 Å². The van der Waals surface area contributed by atoms with Crippen LogP contribution >= 0.6 is 11.8 Å². The van der Waals surface area contributed by atoms with Crippen molar-refractivity contribution in [1.29, 1.82) is 0 Å². The SMILES string of the molecule is CCC1CC(C)(CC)Nc2c(SC)cc(NC(C)C)cc21. The second kappa shape index (κ2) is 6.51. The van der Waals surface area contributed by atoms with Crippen LogP contribution in [0.3, 0.4) is 0 Å². The van der Waals surface area contributed by atoms with Gasteiger partial charge >= 0.3 is 0 Å². The van der Waals surface area contributed by atoms with E-state index in [2.05, 4.69) is 63.6 Å². The Morgan fingerprint density at radius 2 is 2.10 bits per heavy atom. The standard InChI is InChI=1S/C18H30N2S/c1-7-13-11-18(5,8-2)20-17-15(13)9-14(19-12(3)4)10-16(17)21-6/h9-10,12-13,19-20H,7-8,11H2,1-6H3. The van der Waals surface area contributed by atoms with Gasteiger partial charge < -0.3 is 10.6 Å². The first-order valence-electron chi connectivity index (χ1n) is 8.19. The zero-order valence-electron chi connectivity index (χ0n) is 14.3. The number of fused-ring (bicyclic) bond motifs is 1. The van der Waals surface area contributed by atoms with E-state index in [0.29, 0.717) is 12.0 Å². The summed E-state index contributed by atoms with van der Waals surface area (Å²) in [5.74, 6) is 0.658. The number of hydrogen-bond acceptors (Lipinski definition) is 3. The van der Waals surface area contributed by atoms with Crippen molar-refractivity contribution in [3.05, 3.63) is 17.7 Å². The predicted molar refractivity (Wildman–Crippen MR) is 96.9 cm³/mol. The van der Waals surface area contributed by atoms with Crippen LogP contribution in [0.15, 0.2) is 17.0 Å². The second-order valence-corrected chi connectivity index (χ2v) is 7.64. The molecule has 2 unspecified atom stereocenters. The molecule has 118 valence electrons. The quantitative estimate of drug-likeness (QED) is 0.682. The third-order valence-electron chi connectivity index (χ3n) is 4.64. The van der Waals surface area contributed by atoms with Gasteiger partial charge in [-0.15, -0.1) is 11.8 Å². The molecule has 2 atom stereocenters. The first-order chi connectivity index (χ1) is 9.92. The molecule has 2 rings (SSSR count). The highest BCUT2D eigenvalue weighted by Gasteiger charge is 2.34. The van der Waals surface area contributed by atoms with Gasteiger partial charge in [-0.25, -0.2) is 0 Å². The maximum atomic E-state index is 3.84. The number of thioether (sulfide) groups is 1. The molecule has 0 saturated heterocycles. The summed E-state index contributed by atoms with van der Waals surface area (Å²) >= 11 is 1.85. The van der Waals surface area contributed by atoms with Crippen LogP contribution in [0.1, 0.15) is 65.4 Å². The minimum Gasteiger partial charge on any atom is -0.383 e. The molecule has 1 aliphatic rings. The fraction of sp³-hybridized carbons (Fsp3) is 0.667. The fourth-order valence-electron chi connectivity index (χ4n) is 3.27. The maximum Gasteiger partial charge on any atom is 0.0519 e. The summed E-state index contributed by atoms with van der Waals surface area (Å²) in [5.41, 5.74) is 4.36. The van der Waals surface area contributed by atoms with Gasteiger partial charge in [-0.1, -0.05) is 13.8 Å². The molecule has 0 fully saturated rings. The van der Waals surface area contributed by atoms with Crippen LogP contribution in [-0.4, -0.2) is 17.8 Å². The second-order valence-electron chi connectivity index (χ2n) is 6.79. The lowest BCUT2D eigenvalue weighted by molar-refractivity contribution is 0.387. The van der Waals surface area contributed by atoms with Crippen LogP contribution in [0.4, 0.5) is 11.4 Å². The number of anilines is 2. The average Bonchev–Trinajstić information content (AvgIpc) is 2.45. The number of rotatable bonds is 5. The Labute approximate surface area is 134 Å². The smallest absolute Gasteiger partial charge is 0.0519 e. The molecule has 1 aromatic rings. The molecule has 2 N–H and O–H groups in total. The summed E-state index contributed by atoms with van der Waals surface area (Å²) in [5, 5.41) is 7.41. The number of benzene rings is 1. The van der Waals surface area contributed by atoms with Crippen molar-refractivity contribution in [2.24, 2.45) is 0 Å². The lowest BCUT2D eigenvalue weighted by Crippen LogP contribution is -2.40. The first kappa shape index (κ1) is 16.5. The molecule has 0 aromatic heterocycles. The number of nitrogens with one attached hydrogen (secondary N) is 2. The normalized spacial score (nSPS) is 24.6. The van der Waals surface area contributed by atoms with Crippen LogP contribution in [0.25, 0.3) is 0 Å². The Bertz CT molecular complexity index is 498. The summed E-state index contributed by atoms with van der Waals surface area (Å²) in [6.07, 6.45) is 5.78. The Hall–Kier alpha value is -0.830. The molecule has 0 bridgehead atoms. The van der Waals surface area contributed by atoms with E-state index >= 15 is 0 Å². The summed E-state index contributed by atoms with van der Waals surface area (Å²) in [6, 6.07) is 5.13. The number of hydrogen-bond donors (Lipinski definition) is 2. The molecular weight excluding hydrogens is 276 g/mol. The van der Waals surface area contributed by atoms with Crippen molar-refractivity contribution in [2.45, 2.75) is 76.3 Å². The minimum atomic E-state index is 0.227. The van der Waals surface area contributed by atoms with E-state index in [1.807, 2.05) is 11.8 Å². The lowest BCUT2D eigenvalue weighted by Gasteiger charge is -2.42. The molecule has 1 heterocycles. The molecule has 21 heavy (non-hydrogen) atoms. The fourth-order valence-corrected chi connectivity index (χ4v) is 3.89. The van der Waals surface area contributed by atoms with Gasteiger partial charge in [0, 0.05) is 22.2 Å². The Balaban J connectivity index is 2.49. The van der Waals surface area contributed by atoms with Crippen molar-refractivity contribution in [2.75, 3.05) is 16.9 Å². The van der Waals surface area contributed by atoms with Gasteiger partial charge in [0.2, 0.25) is 0 Å². The average molecular weight is 307 g/mol. The molecule has 2 nitrogen and oxygen atoms in total. The van der Waals surface area contributed by atoms with E-state index in [-0.39, 0.29) is 5.54 Å². The Kier molecular flexibility index (Phi) is 5.13. The van der Waals surface area contributed by atoms with Gasteiger partial charge in [0.1, 0.15) is 0 Å². The maximum absolute atomic E-state index is 3.84. The van der Waals surface area contributed by atoms with E-state index < -0.39 is 0 Å². The Morgan fingerprint density at radius 3 is 2.62 bits per heavy atom. The van der Waals surface area contributed by atoms with Gasteiger partial charge in [-0.3, -0.25) is 0 Å². The molecule has 0 radical (unpaired) electrons. The van der Waals surface area contributed by atoms with E-state index in [1.54, 1.807) is 0 Å². The summed E-state index contributed by atoms with van der Waals surface area (Å²) in [7, 11) is 0. The van der Waals surface area contributed by atoms with E-state index in [0.717, 1.165) is 0 Å². The van der Waals surface area contributed by atoms with Crippen LogP contribution < -0.4 is 10.6 Å². The highest BCUT2D eigenvalue weighted by Crippen LogP contribution is 2.46. The molecule has 0 amide bonds. The van der Waals surface area contributed by atoms with Gasteiger partial charge in [0.05, 0.1) is 5.69 Å². The predicted octanol–water partition coefficient (Wildman–Crippen LogP) is 5.71.